The topological polar surface area (TPSA) is 29.1 Å². The van der Waals surface area contributed by atoms with E-state index in [1.54, 1.807) is 6.41 Å². The van der Waals surface area contributed by atoms with E-state index >= 15 is 0 Å². The van der Waals surface area contributed by atoms with Gasteiger partial charge in [0.2, 0.25) is 0 Å². The van der Waals surface area contributed by atoms with E-state index in [-0.39, 0.29) is 51.4 Å². The molecule has 1 amide bonds. The van der Waals surface area contributed by atoms with Crippen molar-refractivity contribution < 1.29 is 56.2 Å². The maximum Gasteiger partial charge on any atom is 1.00 e. The van der Waals surface area contributed by atoms with Crippen LogP contribution in [-0.2, 0) is 4.79 Å². The molecule has 3 heteroatoms. The average Bonchev–Trinajstić information content (AvgIpc) is 2.19. The summed E-state index contributed by atoms with van der Waals surface area (Å²) in [5.41, 5.74) is 0. The first-order valence-corrected chi connectivity index (χ1v) is 5.87. The first kappa shape index (κ1) is 21.4. The molecule has 0 heterocycles. The van der Waals surface area contributed by atoms with E-state index in [0.717, 1.165) is 18.9 Å². The average molecular weight is 239 g/mol. The zero-order valence-electron chi connectivity index (χ0n) is 11.2. The standard InChI is InChI=1S/C10H20NO.C2H6.K/c1-10(2)7-5-3-4-6-8-11-9-12;1-2;/h10H,3-8H2,1-2H3,(H,11,12);1-2H3;/q-1;;+1. The minimum Gasteiger partial charge on any atom is -0.530 e. The van der Waals surface area contributed by atoms with Gasteiger partial charge in [-0.05, 0) is 18.9 Å². The molecule has 0 saturated heterocycles. The Balaban J connectivity index is -0.000000449. The maximum atomic E-state index is 9.75. The Morgan fingerprint density at radius 2 is 1.60 bits per heavy atom. The van der Waals surface area contributed by atoms with Gasteiger partial charge in [-0.3, -0.25) is 0 Å². The molecule has 0 aromatic carbocycles. The van der Waals surface area contributed by atoms with Crippen molar-refractivity contribution >= 4 is 6.41 Å². The quantitative estimate of drug-likeness (QED) is 0.280. The second-order valence-electron chi connectivity index (χ2n) is 3.63. The van der Waals surface area contributed by atoms with Crippen molar-refractivity contribution in [1.29, 1.82) is 0 Å². The van der Waals surface area contributed by atoms with Gasteiger partial charge in [0.05, 0.1) is 0 Å². The van der Waals surface area contributed by atoms with Crippen LogP contribution in [0, 0.1) is 5.92 Å². The molecule has 0 spiro atoms. The second kappa shape index (κ2) is 20.5. The minimum absolute atomic E-state index is 0. The van der Waals surface area contributed by atoms with Crippen LogP contribution in [0.4, 0.5) is 0 Å². The van der Waals surface area contributed by atoms with E-state index < -0.39 is 0 Å². The third-order valence-corrected chi connectivity index (χ3v) is 1.91. The van der Waals surface area contributed by atoms with Gasteiger partial charge in [-0.15, -0.1) is 0 Å². The van der Waals surface area contributed by atoms with Crippen LogP contribution < -0.4 is 56.7 Å². The third kappa shape index (κ3) is 25.4. The SMILES string of the molecule is CC.CC(C)CCCCCCN[C-]=O.[K+]. The first-order valence-electron chi connectivity index (χ1n) is 5.87. The Morgan fingerprint density at radius 3 is 2.07 bits per heavy atom. The normalized spacial score (nSPS) is 8.60. The van der Waals surface area contributed by atoms with Gasteiger partial charge in [0.15, 0.2) is 0 Å². The molecule has 0 aliphatic carbocycles. The van der Waals surface area contributed by atoms with E-state index in [1.807, 2.05) is 13.8 Å². The molecule has 0 aromatic rings. The molecular weight excluding hydrogens is 213 g/mol. The fraction of sp³-hybridized carbons (Fsp3) is 0.917. The Morgan fingerprint density at radius 1 is 1.07 bits per heavy atom. The zero-order chi connectivity index (χ0) is 11.2. The van der Waals surface area contributed by atoms with Crippen molar-refractivity contribution in [2.45, 2.75) is 59.8 Å². The molecule has 0 aliphatic heterocycles. The van der Waals surface area contributed by atoms with E-state index in [9.17, 15) is 4.79 Å². The molecule has 86 valence electrons. The molecule has 15 heavy (non-hydrogen) atoms. The van der Waals surface area contributed by atoms with Gasteiger partial charge in [0, 0.05) is 0 Å². The summed E-state index contributed by atoms with van der Waals surface area (Å²) >= 11 is 0. The summed E-state index contributed by atoms with van der Waals surface area (Å²) in [5, 5.41) is 2.54. The van der Waals surface area contributed by atoms with Crippen LogP contribution in [0.15, 0.2) is 0 Å². The molecular formula is C12H26KNO. The number of unbranched alkanes of at least 4 members (excludes halogenated alkanes) is 3. The van der Waals surface area contributed by atoms with Crippen LogP contribution in [0.5, 0.6) is 0 Å². The molecule has 0 bridgehead atoms. The smallest absolute Gasteiger partial charge is 0.530 e. The van der Waals surface area contributed by atoms with Crippen LogP contribution in [0.3, 0.4) is 0 Å². The molecule has 0 aliphatic rings. The third-order valence-electron chi connectivity index (χ3n) is 1.91. The number of hydrogen-bond acceptors (Lipinski definition) is 1. The van der Waals surface area contributed by atoms with Crippen molar-refractivity contribution in [2.75, 3.05) is 6.54 Å². The number of carbonyl (C=O) groups excluding carboxylic acids is 1. The fourth-order valence-electron chi connectivity index (χ4n) is 1.17. The predicted octanol–water partition coefficient (Wildman–Crippen LogP) is 0.280. The van der Waals surface area contributed by atoms with Crippen LogP contribution in [0.25, 0.3) is 0 Å². The van der Waals surface area contributed by atoms with Gasteiger partial charge in [-0.2, -0.15) is 6.41 Å². The summed E-state index contributed by atoms with van der Waals surface area (Å²) in [5.74, 6) is 0.825. The molecule has 0 fully saturated rings. The van der Waals surface area contributed by atoms with Crippen molar-refractivity contribution in [3.8, 4) is 0 Å². The summed E-state index contributed by atoms with van der Waals surface area (Å²) < 4.78 is 0. The predicted molar refractivity (Wildman–Crippen MR) is 63.0 cm³/mol. The summed E-state index contributed by atoms with van der Waals surface area (Å²) in [4.78, 5) is 9.75. The van der Waals surface area contributed by atoms with Crippen LogP contribution in [0.1, 0.15) is 59.8 Å². The molecule has 1 N–H and O–H groups in total. The molecule has 0 rings (SSSR count). The van der Waals surface area contributed by atoms with E-state index in [0.29, 0.717) is 0 Å². The molecule has 0 unspecified atom stereocenters. The molecule has 0 radical (unpaired) electrons. The Labute approximate surface area is 138 Å². The van der Waals surface area contributed by atoms with Gasteiger partial charge >= 0.3 is 51.4 Å². The molecule has 0 aromatic heterocycles. The number of hydrogen-bond donors (Lipinski definition) is 1. The van der Waals surface area contributed by atoms with Crippen molar-refractivity contribution in [1.82, 2.24) is 5.32 Å². The molecule has 0 atom stereocenters. The van der Waals surface area contributed by atoms with Gasteiger partial charge in [-0.25, -0.2) is 0 Å². The van der Waals surface area contributed by atoms with Gasteiger partial charge < -0.3 is 10.1 Å². The van der Waals surface area contributed by atoms with Crippen LogP contribution in [-0.4, -0.2) is 13.0 Å². The monoisotopic (exact) mass is 239 g/mol. The Bertz CT molecular complexity index is 108. The Hall–Kier alpha value is 1.11. The van der Waals surface area contributed by atoms with Gasteiger partial charge in [0.25, 0.3) is 0 Å². The van der Waals surface area contributed by atoms with E-state index in [2.05, 4.69) is 19.2 Å². The second-order valence-corrected chi connectivity index (χ2v) is 3.63. The number of nitrogens with one attached hydrogen (secondary N) is 1. The van der Waals surface area contributed by atoms with Gasteiger partial charge in [-0.1, -0.05) is 53.4 Å². The zero-order valence-corrected chi connectivity index (χ0v) is 14.4. The van der Waals surface area contributed by atoms with E-state index in [1.165, 1.54) is 25.7 Å². The summed E-state index contributed by atoms with van der Waals surface area (Å²) in [7, 11) is 0. The van der Waals surface area contributed by atoms with Gasteiger partial charge in [0.1, 0.15) is 0 Å². The van der Waals surface area contributed by atoms with Crippen molar-refractivity contribution in [3.05, 3.63) is 0 Å². The van der Waals surface area contributed by atoms with Crippen molar-refractivity contribution in [2.24, 2.45) is 5.92 Å². The van der Waals surface area contributed by atoms with Crippen molar-refractivity contribution in [3.63, 3.8) is 0 Å². The fourth-order valence-corrected chi connectivity index (χ4v) is 1.17. The van der Waals surface area contributed by atoms with Crippen LogP contribution >= 0.6 is 0 Å². The molecule has 2 nitrogen and oxygen atoms in total. The summed E-state index contributed by atoms with van der Waals surface area (Å²) in [6.07, 6.45) is 7.93. The maximum absolute atomic E-state index is 9.75. The molecule has 0 saturated carbocycles. The first-order chi connectivity index (χ1) is 6.77. The Kier molecular flexibility index (Phi) is 29.3. The number of amides is 1. The summed E-state index contributed by atoms with van der Waals surface area (Å²) in [6.45, 7) is 9.29. The minimum atomic E-state index is 0. The van der Waals surface area contributed by atoms with E-state index in [4.69, 9.17) is 0 Å². The summed E-state index contributed by atoms with van der Waals surface area (Å²) in [6, 6.07) is 0. The van der Waals surface area contributed by atoms with Crippen LogP contribution in [0.2, 0.25) is 0 Å². The largest absolute Gasteiger partial charge is 1.00 e. The number of rotatable bonds is 8.